The SMILES string of the molecule is CCn1c(CNC(=O)c2nc(Cl)cnc2N)[n+](CC)c2ccc(C(=O)N(CCN)CCN)cc21.Cl.Cl.[Cl-]. The van der Waals surface area contributed by atoms with Crippen LogP contribution >= 0.6 is 36.4 Å². The van der Waals surface area contributed by atoms with Gasteiger partial charge in [-0.15, -0.1) is 24.8 Å². The van der Waals surface area contributed by atoms with E-state index in [4.69, 9.17) is 28.8 Å². The second kappa shape index (κ2) is 15.8. The van der Waals surface area contributed by atoms with Gasteiger partial charge in [-0.25, -0.2) is 19.1 Å². The third-order valence-corrected chi connectivity index (χ3v) is 5.72. The second-order valence-electron chi connectivity index (χ2n) is 7.59. The molecule has 0 saturated heterocycles. The number of nitrogens with two attached hydrogens (primary N) is 3. The first-order valence-electron chi connectivity index (χ1n) is 11.2. The molecule has 0 unspecified atom stereocenters. The fourth-order valence-corrected chi connectivity index (χ4v) is 4.15. The van der Waals surface area contributed by atoms with Crippen LogP contribution in [-0.2, 0) is 19.6 Å². The van der Waals surface area contributed by atoms with E-state index in [1.165, 1.54) is 6.20 Å². The number of nitrogens with one attached hydrogen (secondary N) is 1. The smallest absolute Gasteiger partial charge is 0.277 e. The molecule has 3 rings (SSSR count). The highest BCUT2D eigenvalue weighted by atomic mass is 35.5. The van der Waals surface area contributed by atoms with Crippen LogP contribution in [0.3, 0.4) is 0 Å². The van der Waals surface area contributed by atoms with Gasteiger partial charge in [-0.3, -0.25) is 9.59 Å². The van der Waals surface area contributed by atoms with Crippen molar-refractivity contribution in [1.82, 2.24) is 24.8 Å². The Balaban J connectivity index is 0.00000432. The Morgan fingerprint density at radius 1 is 1.16 bits per heavy atom. The summed E-state index contributed by atoms with van der Waals surface area (Å²) in [5, 5.41) is 2.94. The number of benzene rings is 1. The highest BCUT2D eigenvalue weighted by molar-refractivity contribution is 6.29. The predicted octanol–water partition coefficient (Wildman–Crippen LogP) is -1.87. The van der Waals surface area contributed by atoms with Crippen molar-refractivity contribution in [2.24, 2.45) is 11.5 Å². The zero-order valence-corrected chi connectivity index (χ0v) is 23.8. The number of hydrogen-bond acceptors (Lipinski definition) is 7. The quantitative estimate of drug-likeness (QED) is 0.199. The van der Waals surface area contributed by atoms with E-state index >= 15 is 0 Å². The standard InChI is InChI=1S/C22H30ClN9O2.3ClH/c1-3-31-15-6-5-14(22(34)30(9-7-24)10-8-25)11-16(15)32(4-2)18(31)13-28-21(33)19-20(26)27-12-17(23)29-19;;;/h5-6,11-12H,3-4,7-10,13,24-25H2,1-2H3,(H2-,26,27,28,33);3*1H. The van der Waals surface area contributed by atoms with Crippen LogP contribution in [0.15, 0.2) is 24.4 Å². The fourth-order valence-electron chi connectivity index (χ4n) is 4.02. The highest BCUT2D eigenvalue weighted by Gasteiger charge is 2.26. The summed E-state index contributed by atoms with van der Waals surface area (Å²) in [6.07, 6.45) is 1.29. The molecule has 11 nitrogen and oxygen atoms in total. The lowest BCUT2D eigenvalue weighted by Crippen LogP contribution is -3.00. The topological polar surface area (TPSA) is 162 Å². The summed E-state index contributed by atoms with van der Waals surface area (Å²) in [5.74, 6) is 0.281. The maximum atomic E-state index is 13.1. The van der Waals surface area contributed by atoms with Gasteiger partial charge in [-0.05, 0) is 26.0 Å². The average molecular weight is 597 g/mol. The van der Waals surface area contributed by atoms with E-state index in [1.807, 2.05) is 32.0 Å². The number of aromatic nitrogens is 4. The van der Waals surface area contributed by atoms with Crippen LogP contribution in [0.1, 0.15) is 40.5 Å². The number of rotatable bonds is 10. The molecule has 37 heavy (non-hydrogen) atoms. The molecule has 0 aliphatic heterocycles. The minimum absolute atomic E-state index is 0. The molecule has 0 fully saturated rings. The average Bonchev–Trinajstić information content (AvgIpc) is 3.14. The summed E-state index contributed by atoms with van der Waals surface area (Å²) in [5.41, 5.74) is 19.5. The molecule has 7 N–H and O–H groups in total. The van der Waals surface area contributed by atoms with E-state index < -0.39 is 5.91 Å². The van der Waals surface area contributed by atoms with Gasteiger partial charge in [-0.1, -0.05) is 11.6 Å². The molecular weight excluding hydrogens is 564 g/mol. The summed E-state index contributed by atoms with van der Waals surface area (Å²) in [6.45, 7) is 7.16. The zero-order chi connectivity index (χ0) is 24.8. The molecule has 0 aliphatic rings. The maximum Gasteiger partial charge on any atom is 0.277 e. The molecule has 2 aromatic heterocycles. The lowest BCUT2D eigenvalue weighted by Gasteiger charge is -2.21. The van der Waals surface area contributed by atoms with Gasteiger partial charge < -0.3 is 39.8 Å². The van der Waals surface area contributed by atoms with Crippen LogP contribution in [0.2, 0.25) is 5.15 Å². The Labute approximate surface area is 239 Å². The Bertz CT molecular complexity index is 1200. The van der Waals surface area contributed by atoms with Crippen molar-refractivity contribution in [2.75, 3.05) is 31.9 Å². The predicted molar refractivity (Wildman–Crippen MR) is 145 cm³/mol. The van der Waals surface area contributed by atoms with Crippen molar-refractivity contribution >= 4 is 65.1 Å². The van der Waals surface area contributed by atoms with Gasteiger partial charge in [0.05, 0.1) is 19.3 Å². The van der Waals surface area contributed by atoms with Crippen LogP contribution in [0, 0.1) is 0 Å². The Kier molecular flexibility index (Phi) is 14.7. The highest BCUT2D eigenvalue weighted by Crippen LogP contribution is 2.19. The molecular formula is C22H33Cl4N9O2. The number of amides is 2. The zero-order valence-electron chi connectivity index (χ0n) is 20.6. The van der Waals surface area contributed by atoms with Gasteiger partial charge in [0.15, 0.2) is 22.5 Å². The van der Waals surface area contributed by atoms with Crippen molar-refractivity contribution in [1.29, 1.82) is 0 Å². The van der Waals surface area contributed by atoms with Crippen LogP contribution < -0.4 is 39.5 Å². The van der Waals surface area contributed by atoms with Gasteiger partial charge in [0.25, 0.3) is 17.6 Å². The molecule has 0 saturated carbocycles. The number of carbonyl (C=O) groups is 2. The molecule has 2 amide bonds. The Morgan fingerprint density at radius 2 is 1.81 bits per heavy atom. The van der Waals surface area contributed by atoms with Crippen LogP contribution in [-0.4, -0.2) is 57.4 Å². The minimum Gasteiger partial charge on any atom is -1.00 e. The number of imidazole rings is 1. The molecule has 0 atom stereocenters. The van der Waals surface area contributed by atoms with Crippen molar-refractivity contribution in [3.05, 3.63) is 46.6 Å². The van der Waals surface area contributed by atoms with Gasteiger partial charge in [0.1, 0.15) is 11.7 Å². The van der Waals surface area contributed by atoms with Gasteiger partial charge in [-0.2, -0.15) is 0 Å². The first-order valence-corrected chi connectivity index (χ1v) is 11.5. The molecule has 0 spiro atoms. The number of nitrogens with zero attached hydrogens (tertiary/aromatic N) is 5. The monoisotopic (exact) mass is 595 g/mol. The summed E-state index contributed by atoms with van der Waals surface area (Å²) in [6, 6.07) is 5.60. The number of fused-ring (bicyclic) bond motifs is 1. The van der Waals surface area contributed by atoms with E-state index in [-0.39, 0.29) is 66.3 Å². The number of aryl methyl sites for hydroxylation is 2. The van der Waals surface area contributed by atoms with Gasteiger partial charge >= 0.3 is 0 Å². The number of hydrogen-bond donors (Lipinski definition) is 4. The molecule has 0 bridgehead atoms. The molecule has 0 aliphatic carbocycles. The van der Waals surface area contributed by atoms with Crippen LogP contribution in [0.4, 0.5) is 5.82 Å². The lowest BCUT2D eigenvalue weighted by molar-refractivity contribution is -0.676. The normalized spacial score (nSPS) is 10.2. The van der Waals surface area contributed by atoms with Crippen LogP contribution in [0.5, 0.6) is 0 Å². The first-order chi connectivity index (χ1) is 16.4. The minimum atomic E-state index is -0.474. The van der Waals surface area contributed by atoms with Crippen molar-refractivity contribution in [2.45, 2.75) is 33.5 Å². The maximum absolute atomic E-state index is 13.1. The van der Waals surface area contributed by atoms with E-state index in [0.717, 1.165) is 16.9 Å². The molecule has 3 aromatic rings. The van der Waals surface area contributed by atoms with E-state index in [0.29, 0.717) is 44.8 Å². The third-order valence-electron chi connectivity index (χ3n) is 5.54. The summed E-state index contributed by atoms with van der Waals surface area (Å²) >= 11 is 5.87. The molecule has 0 radical (unpaired) electrons. The van der Waals surface area contributed by atoms with Crippen molar-refractivity contribution < 1.29 is 26.6 Å². The van der Waals surface area contributed by atoms with Gasteiger partial charge in [0, 0.05) is 37.8 Å². The third kappa shape index (κ3) is 7.56. The fraction of sp³-hybridized carbons (Fsp3) is 0.409. The number of nitrogen functional groups attached to an aromatic ring is 1. The summed E-state index contributed by atoms with van der Waals surface area (Å²) < 4.78 is 4.16. The van der Waals surface area contributed by atoms with E-state index in [9.17, 15) is 9.59 Å². The summed E-state index contributed by atoms with van der Waals surface area (Å²) in [7, 11) is 0. The number of carbonyl (C=O) groups excluding carboxylic acids is 2. The van der Waals surface area contributed by atoms with E-state index in [2.05, 4.69) is 24.4 Å². The van der Waals surface area contributed by atoms with Crippen molar-refractivity contribution in [3.63, 3.8) is 0 Å². The second-order valence-corrected chi connectivity index (χ2v) is 7.97. The number of halogens is 4. The largest absolute Gasteiger partial charge is 1.00 e. The molecule has 2 heterocycles. The first kappa shape index (κ1) is 34.6. The summed E-state index contributed by atoms with van der Waals surface area (Å²) in [4.78, 5) is 35.3. The molecule has 1 aromatic carbocycles. The lowest BCUT2D eigenvalue weighted by atomic mass is 10.1. The number of anilines is 1. The Hall–Kier alpha value is -2.41. The van der Waals surface area contributed by atoms with Gasteiger partial charge in [0.2, 0.25) is 0 Å². The molecule has 15 heteroatoms. The Morgan fingerprint density at radius 3 is 2.38 bits per heavy atom. The van der Waals surface area contributed by atoms with E-state index in [1.54, 1.807) is 4.90 Å². The van der Waals surface area contributed by atoms with Crippen LogP contribution in [0.25, 0.3) is 11.0 Å². The van der Waals surface area contributed by atoms with Crippen molar-refractivity contribution in [3.8, 4) is 0 Å². The molecule has 206 valence electrons.